The fourth-order valence-corrected chi connectivity index (χ4v) is 2.56. The first kappa shape index (κ1) is 15.9. The van der Waals surface area contributed by atoms with Crippen molar-refractivity contribution in [1.29, 1.82) is 0 Å². The molecule has 0 amide bonds. The van der Waals surface area contributed by atoms with Gasteiger partial charge in [0.25, 0.3) is 0 Å². The molecule has 114 valence electrons. The van der Waals surface area contributed by atoms with Crippen LogP contribution < -0.4 is 4.74 Å². The fourth-order valence-electron chi connectivity index (χ4n) is 1.96. The van der Waals surface area contributed by atoms with Crippen LogP contribution in [0.2, 0.25) is 0 Å². The summed E-state index contributed by atoms with van der Waals surface area (Å²) in [5.41, 5.74) is 1.01. The Morgan fingerprint density at radius 3 is 2.71 bits per heavy atom. The third kappa shape index (κ3) is 5.41. The van der Waals surface area contributed by atoms with Crippen molar-refractivity contribution in [1.82, 2.24) is 9.88 Å². The lowest BCUT2D eigenvalue weighted by Crippen LogP contribution is -2.32. The van der Waals surface area contributed by atoms with E-state index in [1.807, 2.05) is 24.3 Å². The van der Waals surface area contributed by atoms with Crippen molar-refractivity contribution in [3.05, 3.63) is 46.2 Å². The van der Waals surface area contributed by atoms with Crippen LogP contribution in [0.4, 0.5) is 4.39 Å². The Morgan fingerprint density at radius 1 is 1.38 bits per heavy atom. The predicted octanol–water partition coefficient (Wildman–Crippen LogP) is 2.46. The smallest absolute Gasteiger partial charge is 0.123 e. The van der Waals surface area contributed by atoms with Crippen molar-refractivity contribution < 1.29 is 14.2 Å². The summed E-state index contributed by atoms with van der Waals surface area (Å²) in [5.74, 6) is 0.245. The first-order valence-corrected chi connectivity index (χ1v) is 7.57. The summed E-state index contributed by atoms with van der Waals surface area (Å²) in [6.45, 7) is 3.32. The second-order valence-corrected chi connectivity index (χ2v) is 6.04. The number of halogens is 1. The molecule has 0 aliphatic carbocycles. The molecule has 1 N–H and O–H groups in total. The molecule has 2 aromatic rings. The number of aryl methyl sites for hydroxylation is 1. The lowest BCUT2D eigenvalue weighted by Gasteiger charge is -2.20. The molecule has 2 rings (SSSR count). The Balaban J connectivity index is 1.73. The molecule has 1 unspecified atom stereocenters. The maximum Gasteiger partial charge on any atom is 0.123 e. The average molecular weight is 310 g/mol. The molecular formula is C15H19FN2O2S. The van der Waals surface area contributed by atoms with Crippen molar-refractivity contribution in [3.8, 4) is 5.75 Å². The molecule has 6 heteroatoms. The minimum Gasteiger partial charge on any atom is -0.491 e. The fraction of sp³-hybridized carbons (Fsp3) is 0.400. The number of hydrogen-bond donors (Lipinski definition) is 1. The van der Waals surface area contributed by atoms with Crippen molar-refractivity contribution >= 4 is 11.3 Å². The summed E-state index contributed by atoms with van der Waals surface area (Å²) < 4.78 is 18.2. The highest BCUT2D eigenvalue weighted by atomic mass is 32.1. The Hall–Kier alpha value is -1.50. The van der Waals surface area contributed by atoms with Gasteiger partial charge in [-0.3, -0.25) is 4.90 Å². The third-order valence-electron chi connectivity index (χ3n) is 2.88. The Labute approximate surface area is 127 Å². The number of aliphatic hydroxyl groups is 1. The number of aromatic nitrogens is 1. The molecule has 4 nitrogen and oxygen atoms in total. The van der Waals surface area contributed by atoms with E-state index >= 15 is 0 Å². The molecule has 1 heterocycles. The van der Waals surface area contributed by atoms with Gasteiger partial charge in [0.15, 0.2) is 0 Å². The Kier molecular flexibility index (Phi) is 5.67. The Bertz CT molecular complexity index is 559. The molecule has 21 heavy (non-hydrogen) atoms. The van der Waals surface area contributed by atoms with Gasteiger partial charge < -0.3 is 9.84 Å². The van der Waals surface area contributed by atoms with Crippen LogP contribution in [-0.2, 0) is 6.54 Å². The van der Waals surface area contributed by atoms with E-state index in [1.54, 1.807) is 23.5 Å². The van der Waals surface area contributed by atoms with Gasteiger partial charge in [0.1, 0.15) is 24.3 Å². The molecule has 1 aromatic heterocycles. The maximum atomic E-state index is 12.7. The number of aliphatic hydroxyl groups excluding tert-OH is 1. The normalized spacial score (nSPS) is 12.6. The highest BCUT2D eigenvalue weighted by molar-refractivity contribution is 7.09. The molecule has 1 atom stereocenters. The largest absolute Gasteiger partial charge is 0.491 e. The molecule has 0 aliphatic rings. The standard InChI is InChI=1S/C15H19FN2O2S/c1-11-17-13(10-21-11)7-18(2)8-14(19)9-20-15-5-3-12(16)4-6-15/h3-6,10,14,19H,7-9H2,1-2H3. The zero-order chi connectivity index (χ0) is 15.2. The number of nitrogens with zero attached hydrogens (tertiary/aromatic N) is 2. The number of likely N-dealkylation sites (N-methyl/N-ethyl adjacent to an activating group) is 1. The van der Waals surface area contributed by atoms with Gasteiger partial charge in [-0.2, -0.15) is 0 Å². The van der Waals surface area contributed by atoms with Crippen LogP contribution in [0.5, 0.6) is 5.75 Å². The maximum absolute atomic E-state index is 12.7. The second-order valence-electron chi connectivity index (χ2n) is 4.97. The van der Waals surface area contributed by atoms with Crippen LogP contribution in [-0.4, -0.2) is 41.3 Å². The summed E-state index contributed by atoms with van der Waals surface area (Å²) in [7, 11) is 1.93. The highest BCUT2D eigenvalue weighted by Gasteiger charge is 2.11. The van der Waals surface area contributed by atoms with Crippen LogP contribution in [0.15, 0.2) is 29.6 Å². The van der Waals surface area contributed by atoms with Gasteiger partial charge in [0, 0.05) is 18.5 Å². The number of benzene rings is 1. The molecule has 0 aliphatic heterocycles. The minimum absolute atomic E-state index is 0.173. The van der Waals surface area contributed by atoms with E-state index in [-0.39, 0.29) is 12.4 Å². The van der Waals surface area contributed by atoms with Gasteiger partial charge in [0.05, 0.1) is 10.7 Å². The average Bonchev–Trinajstić information content (AvgIpc) is 2.83. The van der Waals surface area contributed by atoms with E-state index in [0.29, 0.717) is 18.8 Å². The lowest BCUT2D eigenvalue weighted by atomic mass is 10.3. The van der Waals surface area contributed by atoms with Crippen LogP contribution in [0.3, 0.4) is 0 Å². The van der Waals surface area contributed by atoms with Gasteiger partial charge in [0.2, 0.25) is 0 Å². The van der Waals surface area contributed by atoms with Crippen molar-refractivity contribution in [2.45, 2.75) is 19.6 Å². The first-order chi connectivity index (χ1) is 10.0. The van der Waals surface area contributed by atoms with Crippen LogP contribution >= 0.6 is 11.3 Å². The molecule has 1 aromatic carbocycles. The van der Waals surface area contributed by atoms with Crippen molar-refractivity contribution in [2.24, 2.45) is 0 Å². The minimum atomic E-state index is -0.611. The van der Waals surface area contributed by atoms with E-state index in [1.165, 1.54) is 12.1 Å². The highest BCUT2D eigenvalue weighted by Crippen LogP contribution is 2.12. The zero-order valence-electron chi connectivity index (χ0n) is 12.1. The van der Waals surface area contributed by atoms with E-state index in [2.05, 4.69) is 4.98 Å². The van der Waals surface area contributed by atoms with Gasteiger partial charge >= 0.3 is 0 Å². The van der Waals surface area contributed by atoms with E-state index in [9.17, 15) is 9.50 Å². The second kappa shape index (κ2) is 7.49. The van der Waals surface area contributed by atoms with Gasteiger partial charge in [-0.25, -0.2) is 9.37 Å². The van der Waals surface area contributed by atoms with E-state index < -0.39 is 6.10 Å². The summed E-state index contributed by atoms with van der Waals surface area (Å²) >= 11 is 1.62. The number of ether oxygens (including phenoxy) is 1. The summed E-state index contributed by atoms with van der Waals surface area (Å²) in [4.78, 5) is 6.38. The van der Waals surface area contributed by atoms with Crippen molar-refractivity contribution in [3.63, 3.8) is 0 Å². The number of hydrogen-bond acceptors (Lipinski definition) is 5. The van der Waals surface area contributed by atoms with Crippen LogP contribution in [0.25, 0.3) is 0 Å². The van der Waals surface area contributed by atoms with E-state index in [4.69, 9.17) is 4.74 Å². The molecule has 0 bridgehead atoms. The Morgan fingerprint density at radius 2 is 2.10 bits per heavy atom. The topological polar surface area (TPSA) is 45.6 Å². The summed E-state index contributed by atoms with van der Waals surface area (Å²) in [6.07, 6.45) is -0.611. The molecule has 0 saturated heterocycles. The van der Waals surface area contributed by atoms with Gasteiger partial charge in [-0.05, 0) is 38.2 Å². The van der Waals surface area contributed by atoms with E-state index in [0.717, 1.165) is 10.7 Å². The monoisotopic (exact) mass is 310 g/mol. The van der Waals surface area contributed by atoms with Gasteiger partial charge in [-0.15, -0.1) is 11.3 Å². The number of rotatable bonds is 7. The molecule has 0 fully saturated rings. The number of thiazole rings is 1. The van der Waals surface area contributed by atoms with Gasteiger partial charge in [-0.1, -0.05) is 0 Å². The lowest BCUT2D eigenvalue weighted by molar-refractivity contribution is 0.0741. The molecule has 0 saturated carbocycles. The summed E-state index contributed by atoms with van der Waals surface area (Å²) in [5, 5.41) is 13.0. The predicted molar refractivity (Wildman–Crippen MR) is 81.1 cm³/mol. The summed E-state index contributed by atoms with van der Waals surface area (Å²) in [6, 6.07) is 5.75. The SMILES string of the molecule is Cc1nc(CN(C)CC(O)COc2ccc(F)cc2)cs1. The van der Waals surface area contributed by atoms with Crippen molar-refractivity contribution in [2.75, 3.05) is 20.2 Å². The quantitative estimate of drug-likeness (QED) is 0.853. The van der Waals surface area contributed by atoms with Crippen LogP contribution in [0.1, 0.15) is 10.7 Å². The van der Waals surface area contributed by atoms with Crippen LogP contribution in [0, 0.1) is 12.7 Å². The molecule has 0 spiro atoms. The molecule has 0 radical (unpaired) electrons. The third-order valence-corrected chi connectivity index (χ3v) is 3.70. The molecular weight excluding hydrogens is 291 g/mol. The zero-order valence-corrected chi connectivity index (χ0v) is 12.9. The first-order valence-electron chi connectivity index (χ1n) is 6.69.